The van der Waals surface area contributed by atoms with Crippen LogP contribution in [0, 0.1) is 0 Å². The summed E-state index contributed by atoms with van der Waals surface area (Å²) in [6.07, 6.45) is -4.13. The second kappa shape index (κ2) is 9.48. The zero-order chi connectivity index (χ0) is 23.6. The lowest BCUT2D eigenvalue weighted by atomic mass is 10.2. The first-order valence-corrected chi connectivity index (χ1v) is 11.6. The number of aromatic nitrogens is 3. The van der Waals surface area contributed by atoms with Crippen LogP contribution in [0.1, 0.15) is 11.4 Å². The number of carbonyl (C=O) groups is 2. The van der Waals surface area contributed by atoms with E-state index in [0.29, 0.717) is 17.4 Å². The minimum absolute atomic E-state index is 0.0613. The van der Waals surface area contributed by atoms with E-state index >= 15 is 0 Å². The highest BCUT2D eigenvalue weighted by Gasteiger charge is 2.31. The Hall–Kier alpha value is -2.99. The molecule has 4 rings (SSSR count). The fourth-order valence-corrected chi connectivity index (χ4v) is 4.98. The number of benzene rings is 2. The van der Waals surface area contributed by atoms with Crippen molar-refractivity contribution in [1.82, 2.24) is 14.8 Å². The second-order valence-electron chi connectivity index (χ2n) is 7.17. The Balaban J connectivity index is 1.35. The summed E-state index contributed by atoms with van der Waals surface area (Å²) in [5.41, 5.74) is 0.0116. The van der Waals surface area contributed by atoms with Crippen molar-refractivity contribution < 1.29 is 22.8 Å². The van der Waals surface area contributed by atoms with Gasteiger partial charge in [-0.15, -0.1) is 22.0 Å². The molecule has 1 aliphatic heterocycles. The van der Waals surface area contributed by atoms with E-state index in [-0.39, 0.29) is 22.6 Å². The maximum atomic E-state index is 12.8. The second-order valence-corrected chi connectivity index (χ2v) is 9.36. The number of halogens is 3. The smallest absolute Gasteiger partial charge is 0.325 e. The minimum atomic E-state index is -4.49. The largest absolute Gasteiger partial charge is 0.416 e. The van der Waals surface area contributed by atoms with E-state index in [2.05, 4.69) is 20.8 Å². The van der Waals surface area contributed by atoms with E-state index in [1.54, 1.807) is 11.6 Å². The molecule has 3 aromatic rings. The molecule has 2 aromatic carbocycles. The van der Waals surface area contributed by atoms with Crippen molar-refractivity contribution in [3.05, 3.63) is 59.9 Å². The molecule has 0 radical (unpaired) electrons. The molecule has 0 saturated heterocycles. The van der Waals surface area contributed by atoms with Crippen molar-refractivity contribution in [3.8, 4) is 0 Å². The van der Waals surface area contributed by atoms with Gasteiger partial charge in [0.25, 0.3) is 0 Å². The molecule has 2 heterocycles. The molecule has 1 atom stereocenters. The van der Waals surface area contributed by atoms with Gasteiger partial charge in [0.05, 0.1) is 22.3 Å². The molecule has 0 spiro atoms. The van der Waals surface area contributed by atoms with Crippen LogP contribution in [-0.2, 0) is 29.2 Å². The van der Waals surface area contributed by atoms with E-state index in [0.717, 1.165) is 34.5 Å². The molecule has 0 fully saturated rings. The van der Waals surface area contributed by atoms with Gasteiger partial charge >= 0.3 is 6.18 Å². The Morgan fingerprint density at radius 1 is 1.21 bits per heavy atom. The van der Waals surface area contributed by atoms with Gasteiger partial charge in [0.15, 0.2) is 5.16 Å². The third kappa shape index (κ3) is 5.50. The summed E-state index contributed by atoms with van der Waals surface area (Å²) in [5.74, 6) is -0.0595. The van der Waals surface area contributed by atoms with Gasteiger partial charge in [-0.25, -0.2) is 0 Å². The first kappa shape index (κ1) is 23.2. The van der Waals surface area contributed by atoms with Gasteiger partial charge in [-0.2, -0.15) is 13.2 Å². The molecular weight excluding hydrogens is 475 g/mol. The van der Waals surface area contributed by atoms with Crippen molar-refractivity contribution in [2.45, 2.75) is 27.9 Å². The third-order valence-corrected chi connectivity index (χ3v) is 7.10. The molecule has 0 unspecified atom stereocenters. The van der Waals surface area contributed by atoms with Crippen LogP contribution in [0.2, 0.25) is 0 Å². The number of anilines is 2. The highest BCUT2D eigenvalue weighted by Crippen LogP contribution is 2.36. The van der Waals surface area contributed by atoms with Crippen molar-refractivity contribution >= 4 is 46.7 Å². The maximum absolute atomic E-state index is 12.8. The Bertz CT molecular complexity index is 1200. The van der Waals surface area contributed by atoms with Gasteiger partial charge in [-0.3, -0.25) is 9.59 Å². The molecular formula is C21H18F3N5O2S2. The van der Waals surface area contributed by atoms with Gasteiger partial charge in [0.2, 0.25) is 11.8 Å². The Morgan fingerprint density at radius 3 is 2.79 bits per heavy atom. The van der Waals surface area contributed by atoms with E-state index in [9.17, 15) is 22.8 Å². The normalized spacial score (nSPS) is 15.6. The molecule has 0 aliphatic carbocycles. The van der Waals surface area contributed by atoms with Crippen LogP contribution in [0.5, 0.6) is 0 Å². The standard InChI is InChI=1S/C21H18F3N5O2S2/c1-29-17(10-16-19(31)26-14-7-2-3-8-15(14)33-16)27-28-20(29)32-11-18(30)25-13-6-4-5-12(9-13)21(22,23)24/h2-9,16H,10-11H2,1H3,(H,25,30)(H,26,31)/t16-/m0/s1. The first-order valence-electron chi connectivity index (χ1n) is 9.75. The highest BCUT2D eigenvalue weighted by atomic mass is 32.2. The SMILES string of the molecule is Cn1c(C[C@@H]2Sc3ccccc3NC2=O)nnc1SCC(=O)Nc1cccc(C(F)(F)F)c1. The third-order valence-electron chi connectivity index (χ3n) is 4.81. The summed E-state index contributed by atoms with van der Waals surface area (Å²) in [6, 6.07) is 12.0. The number of carbonyl (C=O) groups excluding carboxylic acids is 2. The van der Waals surface area contributed by atoms with Gasteiger partial charge in [0.1, 0.15) is 5.82 Å². The summed E-state index contributed by atoms with van der Waals surface area (Å²) >= 11 is 2.56. The van der Waals surface area contributed by atoms with Crippen LogP contribution in [0.15, 0.2) is 58.6 Å². The predicted molar refractivity (Wildman–Crippen MR) is 120 cm³/mol. The van der Waals surface area contributed by atoms with Crippen LogP contribution in [-0.4, -0.2) is 37.6 Å². The number of amides is 2. The number of alkyl halides is 3. The minimum Gasteiger partial charge on any atom is -0.325 e. The molecule has 0 bridgehead atoms. The summed E-state index contributed by atoms with van der Waals surface area (Å²) in [5, 5.41) is 13.7. The Labute approximate surface area is 195 Å². The maximum Gasteiger partial charge on any atom is 0.416 e. The fourth-order valence-electron chi connectivity index (χ4n) is 3.14. The van der Waals surface area contributed by atoms with Crippen molar-refractivity contribution in [2.75, 3.05) is 16.4 Å². The molecule has 7 nitrogen and oxygen atoms in total. The highest BCUT2D eigenvalue weighted by molar-refractivity contribution is 8.01. The number of hydrogen-bond acceptors (Lipinski definition) is 6. The molecule has 0 saturated carbocycles. The van der Waals surface area contributed by atoms with Crippen molar-refractivity contribution in [3.63, 3.8) is 0 Å². The molecule has 33 heavy (non-hydrogen) atoms. The summed E-state index contributed by atoms with van der Waals surface area (Å²) in [6.45, 7) is 0. The lowest BCUT2D eigenvalue weighted by molar-refractivity contribution is -0.137. The van der Waals surface area contributed by atoms with Crippen molar-refractivity contribution in [2.24, 2.45) is 7.05 Å². The number of rotatable bonds is 6. The molecule has 1 aliphatic rings. The molecule has 172 valence electrons. The molecule has 2 N–H and O–H groups in total. The lowest BCUT2D eigenvalue weighted by Crippen LogP contribution is -2.31. The first-order chi connectivity index (χ1) is 15.7. The Morgan fingerprint density at radius 2 is 2.00 bits per heavy atom. The zero-order valence-corrected chi connectivity index (χ0v) is 18.9. The lowest BCUT2D eigenvalue weighted by Gasteiger charge is -2.23. The number of nitrogens with zero attached hydrogens (tertiary/aromatic N) is 3. The number of para-hydroxylation sites is 1. The molecule has 12 heteroatoms. The number of thioether (sulfide) groups is 2. The van der Waals surface area contributed by atoms with E-state index in [1.807, 2.05) is 24.3 Å². The van der Waals surface area contributed by atoms with Gasteiger partial charge in [0, 0.05) is 24.1 Å². The number of hydrogen-bond donors (Lipinski definition) is 2. The fraction of sp³-hybridized carbons (Fsp3) is 0.238. The summed E-state index contributed by atoms with van der Waals surface area (Å²) in [7, 11) is 1.74. The van der Waals surface area contributed by atoms with Gasteiger partial charge in [-0.1, -0.05) is 30.0 Å². The topological polar surface area (TPSA) is 88.9 Å². The number of fused-ring (bicyclic) bond motifs is 1. The van der Waals surface area contributed by atoms with Gasteiger partial charge in [-0.05, 0) is 30.3 Å². The molecule has 2 amide bonds. The summed E-state index contributed by atoms with van der Waals surface area (Å²) in [4.78, 5) is 25.6. The van der Waals surface area contributed by atoms with Crippen molar-refractivity contribution in [1.29, 1.82) is 0 Å². The van der Waals surface area contributed by atoms with E-state index in [4.69, 9.17) is 0 Å². The zero-order valence-electron chi connectivity index (χ0n) is 17.2. The predicted octanol–water partition coefficient (Wildman–Crippen LogP) is 4.22. The Kier molecular flexibility index (Phi) is 6.66. The van der Waals surface area contributed by atoms with Gasteiger partial charge < -0.3 is 15.2 Å². The van der Waals surface area contributed by atoms with Crippen LogP contribution in [0.4, 0.5) is 24.5 Å². The van der Waals surface area contributed by atoms with E-state index < -0.39 is 17.6 Å². The molecule has 1 aromatic heterocycles. The quantitative estimate of drug-likeness (QED) is 0.500. The average molecular weight is 494 g/mol. The average Bonchev–Trinajstić information content (AvgIpc) is 3.11. The van der Waals surface area contributed by atoms with Crippen LogP contribution in [0.25, 0.3) is 0 Å². The monoisotopic (exact) mass is 493 g/mol. The van der Waals surface area contributed by atoms with Crippen LogP contribution >= 0.6 is 23.5 Å². The summed E-state index contributed by atoms with van der Waals surface area (Å²) < 4.78 is 40.2. The van der Waals surface area contributed by atoms with Crippen LogP contribution < -0.4 is 10.6 Å². The van der Waals surface area contributed by atoms with E-state index in [1.165, 1.54) is 23.9 Å². The number of nitrogens with one attached hydrogen (secondary N) is 2. The van der Waals surface area contributed by atoms with Crippen LogP contribution in [0.3, 0.4) is 0 Å².